The average Bonchev–Trinajstić information content (AvgIpc) is 3.01. The fourth-order valence-electron chi connectivity index (χ4n) is 1.88. The van der Waals surface area contributed by atoms with Crippen LogP contribution in [0, 0.1) is 0 Å². The van der Waals surface area contributed by atoms with Crippen molar-refractivity contribution in [2.75, 3.05) is 0 Å². The van der Waals surface area contributed by atoms with Crippen LogP contribution in [0.4, 0.5) is 0 Å². The molecule has 94 valence electrons. The van der Waals surface area contributed by atoms with Gasteiger partial charge in [0.2, 0.25) is 0 Å². The van der Waals surface area contributed by atoms with Gasteiger partial charge in [-0.2, -0.15) is 0 Å². The van der Waals surface area contributed by atoms with E-state index in [4.69, 9.17) is 0 Å². The molecule has 0 amide bonds. The highest BCUT2D eigenvalue weighted by molar-refractivity contribution is 7.12. The lowest BCUT2D eigenvalue weighted by molar-refractivity contribution is 0.574. The minimum absolute atomic E-state index is 0.329. The largest absolute Gasteiger partial charge is 0.329 e. The smallest absolute Gasteiger partial charge is 0.119 e. The van der Waals surface area contributed by atoms with Crippen molar-refractivity contribution >= 4 is 16.9 Å². The highest BCUT2D eigenvalue weighted by atomic mass is 32.1. The van der Waals surface area contributed by atoms with Crippen LogP contribution in [0.1, 0.15) is 36.2 Å². The van der Waals surface area contributed by atoms with Gasteiger partial charge in [-0.05, 0) is 18.9 Å². The fraction of sp³-hybridized carbons (Fsp3) is 0.286. The van der Waals surface area contributed by atoms with E-state index in [0.717, 1.165) is 17.0 Å². The summed E-state index contributed by atoms with van der Waals surface area (Å²) in [6.45, 7) is 7.95. The zero-order valence-corrected chi connectivity index (χ0v) is 11.5. The summed E-state index contributed by atoms with van der Waals surface area (Å²) in [4.78, 5) is 9.86. The number of imidazole rings is 1. The summed E-state index contributed by atoms with van der Waals surface area (Å²) < 4.78 is 2.13. The van der Waals surface area contributed by atoms with Crippen LogP contribution < -0.4 is 0 Å². The van der Waals surface area contributed by atoms with Crippen molar-refractivity contribution in [2.24, 2.45) is 0 Å². The van der Waals surface area contributed by atoms with E-state index < -0.39 is 0 Å². The molecule has 0 fully saturated rings. The first-order valence-corrected chi connectivity index (χ1v) is 6.80. The quantitative estimate of drug-likeness (QED) is 0.762. The number of thiazole rings is 1. The molecule has 0 saturated carbocycles. The molecule has 0 N–H and O–H groups in total. The van der Waals surface area contributed by atoms with E-state index in [1.807, 2.05) is 31.0 Å². The number of hydrogen-bond acceptors (Lipinski definition) is 3. The van der Waals surface area contributed by atoms with Gasteiger partial charge in [0.1, 0.15) is 5.01 Å². The van der Waals surface area contributed by atoms with Crippen LogP contribution in [0.2, 0.25) is 0 Å². The first kappa shape index (κ1) is 12.8. The molecule has 0 aliphatic carbocycles. The second kappa shape index (κ2) is 5.78. The normalized spacial score (nSPS) is 13.6. The molecule has 0 aromatic carbocycles. The van der Waals surface area contributed by atoms with E-state index in [1.165, 1.54) is 4.88 Å². The maximum Gasteiger partial charge on any atom is 0.119 e. The highest BCUT2D eigenvalue weighted by Gasteiger charge is 2.14. The third-order valence-electron chi connectivity index (χ3n) is 2.83. The van der Waals surface area contributed by atoms with Crippen LogP contribution in [0.25, 0.3) is 5.57 Å². The van der Waals surface area contributed by atoms with E-state index >= 15 is 0 Å². The molecule has 2 aromatic heterocycles. The third kappa shape index (κ3) is 2.59. The molecule has 1 atom stereocenters. The second-order valence-electron chi connectivity index (χ2n) is 4.09. The van der Waals surface area contributed by atoms with Crippen LogP contribution in [-0.2, 0) is 0 Å². The molecule has 0 spiro atoms. The molecule has 1 unspecified atom stereocenters. The summed E-state index contributed by atoms with van der Waals surface area (Å²) in [5.74, 6) is 0. The Kier molecular flexibility index (Phi) is 4.10. The van der Waals surface area contributed by atoms with Crippen LogP contribution >= 0.6 is 11.3 Å². The Bertz CT molecular complexity index is 537. The number of allylic oxidation sites excluding steroid dienone is 3. The minimum atomic E-state index is 0.329. The van der Waals surface area contributed by atoms with E-state index in [-0.39, 0.29) is 0 Å². The summed E-state index contributed by atoms with van der Waals surface area (Å²) in [6, 6.07) is 0.329. The Hall–Kier alpha value is -1.68. The zero-order valence-electron chi connectivity index (χ0n) is 10.7. The van der Waals surface area contributed by atoms with Crippen molar-refractivity contribution < 1.29 is 0 Å². The monoisotopic (exact) mass is 259 g/mol. The third-order valence-corrected chi connectivity index (χ3v) is 4.06. The summed E-state index contributed by atoms with van der Waals surface area (Å²) in [5, 5.41) is 1.06. The summed E-state index contributed by atoms with van der Waals surface area (Å²) in [7, 11) is 0. The van der Waals surface area contributed by atoms with Gasteiger partial charge in [-0.1, -0.05) is 25.7 Å². The van der Waals surface area contributed by atoms with Gasteiger partial charge in [-0.3, -0.25) is 0 Å². The molecule has 18 heavy (non-hydrogen) atoms. The number of hydrogen-bond donors (Lipinski definition) is 0. The van der Waals surface area contributed by atoms with Gasteiger partial charge in [0.15, 0.2) is 0 Å². The first-order chi connectivity index (χ1) is 8.76. The summed E-state index contributed by atoms with van der Waals surface area (Å²) >= 11 is 1.74. The zero-order chi connectivity index (χ0) is 13.0. The predicted molar refractivity (Wildman–Crippen MR) is 76.6 cm³/mol. The lowest BCUT2D eigenvalue weighted by Crippen LogP contribution is -2.05. The molecule has 3 nitrogen and oxygen atoms in total. The molecule has 0 bridgehead atoms. The highest BCUT2D eigenvalue weighted by Crippen LogP contribution is 2.29. The maximum atomic E-state index is 4.48. The molecule has 0 radical (unpaired) electrons. The van der Waals surface area contributed by atoms with E-state index in [2.05, 4.69) is 35.0 Å². The van der Waals surface area contributed by atoms with Gasteiger partial charge in [0.25, 0.3) is 0 Å². The Balaban J connectivity index is 2.28. The van der Waals surface area contributed by atoms with Gasteiger partial charge in [-0.25, -0.2) is 9.97 Å². The topological polar surface area (TPSA) is 30.7 Å². The molecule has 0 saturated heterocycles. The van der Waals surface area contributed by atoms with Crippen molar-refractivity contribution in [1.82, 2.24) is 14.5 Å². The van der Waals surface area contributed by atoms with Gasteiger partial charge in [-0.15, -0.1) is 11.3 Å². The second-order valence-corrected chi connectivity index (χ2v) is 5.15. The summed E-state index contributed by atoms with van der Waals surface area (Å²) in [5.41, 5.74) is 1.15. The maximum absolute atomic E-state index is 4.48. The predicted octanol–water partition coefficient (Wildman–Crippen LogP) is 3.93. The molecule has 0 aliphatic rings. The standard InChI is InChI=1S/C14H17N3S/c1-4-6-11(3)14-16-9-13(18-14)12(5-2)17-8-7-15-10-17/h4,6-10,12H,1,5H2,2-3H3. The molecule has 2 aromatic rings. The van der Waals surface area contributed by atoms with Crippen LogP contribution in [-0.4, -0.2) is 14.5 Å². The van der Waals surface area contributed by atoms with Gasteiger partial charge >= 0.3 is 0 Å². The van der Waals surface area contributed by atoms with Crippen LogP contribution in [0.5, 0.6) is 0 Å². The molecular weight excluding hydrogens is 242 g/mol. The van der Waals surface area contributed by atoms with Gasteiger partial charge < -0.3 is 4.57 Å². The van der Waals surface area contributed by atoms with Gasteiger partial charge in [0.05, 0.1) is 12.4 Å². The molecular formula is C14H17N3S. The molecule has 2 rings (SSSR count). The van der Waals surface area contributed by atoms with Crippen molar-refractivity contribution in [2.45, 2.75) is 26.3 Å². The Labute approximate surface area is 112 Å². The van der Waals surface area contributed by atoms with Crippen LogP contribution in [0.15, 0.2) is 43.6 Å². The molecule has 2 heterocycles. The summed E-state index contributed by atoms with van der Waals surface area (Å²) in [6.07, 6.45) is 12.5. The van der Waals surface area contributed by atoms with E-state index in [1.54, 1.807) is 17.4 Å². The average molecular weight is 259 g/mol. The van der Waals surface area contributed by atoms with E-state index in [9.17, 15) is 0 Å². The fourth-order valence-corrected chi connectivity index (χ4v) is 2.97. The number of aromatic nitrogens is 3. The SMILES string of the molecule is C=CC=C(C)c1ncc(C(CC)n2ccnc2)s1. The minimum Gasteiger partial charge on any atom is -0.329 e. The van der Waals surface area contributed by atoms with E-state index in [0.29, 0.717) is 6.04 Å². The van der Waals surface area contributed by atoms with Gasteiger partial charge in [0, 0.05) is 23.5 Å². The lowest BCUT2D eigenvalue weighted by atomic mass is 10.2. The first-order valence-electron chi connectivity index (χ1n) is 5.99. The number of nitrogens with zero attached hydrogens (tertiary/aromatic N) is 3. The molecule has 4 heteroatoms. The van der Waals surface area contributed by atoms with Crippen molar-refractivity contribution in [3.05, 3.63) is 53.5 Å². The molecule has 0 aliphatic heterocycles. The lowest BCUT2D eigenvalue weighted by Gasteiger charge is -2.13. The Morgan fingerprint density at radius 2 is 2.44 bits per heavy atom. The van der Waals surface area contributed by atoms with Crippen molar-refractivity contribution in [1.29, 1.82) is 0 Å². The Morgan fingerprint density at radius 1 is 1.61 bits per heavy atom. The van der Waals surface area contributed by atoms with Crippen molar-refractivity contribution in [3.63, 3.8) is 0 Å². The van der Waals surface area contributed by atoms with Crippen LogP contribution in [0.3, 0.4) is 0 Å². The Morgan fingerprint density at radius 3 is 3.06 bits per heavy atom. The van der Waals surface area contributed by atoms with Crippen molar-refractivity contribution in [3.8, 4) is 0 Å². The number of rotatable bonds is 5.